The summed E-state index contributed by atoms with van der Waals surface area (Å²) in [7, 11) is 0. The zero-order valence-corrected chi connectivity index (χ0v) is 10.9. The topological polar surface area (TPSA) is 12.9 Å². The van der Waals surface area contributed by atoms with Crippen LogP contribution in [0.25, 0.3) is 22.4 Å². The van der Waals surface area contributed by atoms with Crippen molar-refractivity contribution in [1.82, 2.24) is 4.98 Å². The molecule has 0 saturated heterocycles. The Balaban J connectivity index is 2.02. The Labute approximate surface area is 113 Å². The Hall–Kier alpha value is -2.41. The minimum Gasteiger partial charge on any atom is -0.265 e. The highest BCUT2D eigenvalue weighted by Gasteiger charge is 1.98. The zero-order chi connectivity index (χ0) is 13.1. The first-order valence-electron chi connectivity index (χ1n) is 6.40. The van der Waals surface area contributed by atoms with E-state index in [1.54, 1.807) is 0 Å². The normalized spacial score (nSPS) is 11.7. The Bertz CT molecular complexity index is 727. The van der Waals surface area contributed by atoms with Gasteiger partial charge in [-0.25, -0.2) is 0 Å². The number of fused-ring (bicyclic) bond motifs is 1. The molecular weight excluding hydrogens is 230 g/mol. The summed E-state index contributed by atoms with van der Waals surface area (Å²) in [6, 6.07) is 19.1. The molecule has 0 N–H and O–H groups in total. The van der Waals surface area contributed by atoms with Crippen LogP contribution in [-0.2, 0) is 0 Å². The molecule has 0 atom stereocenters. The van der Waals surface area contributed by atoms with E-state index in [0.717, 1.165) is 0 Å². The number of aromatic nitrogens is 1. The molecule has 92 valence electrons. The van der Waals surface area contributed by atoms with Gasteiger partial charge in [-0.3, -0.25) is 4.98 Å². The maximum absolute atomic E-state index is 4.04. The average molecular weight is 245 g/mol. The van der Waals surface area contributed by atoms with Crippen molar-refractivity contribution in [3.63, 3.8) is 0 Å². The Morgan fingerprint density at radius 3 is 2.42 bits per heavy atom. The molecule has 0 bridgehead atoms. The number of nitrogens with zero attached hydrogens (tertiary/aromatic N) is 1. The molecule has 1 heteroatoms. The summed E-state index contributed by atoms with van der Waals surface area (Å²) in [6.45, 7) is 2.14. The molecule has 0 spiro atoms. The Kier molecular flexibility index (Phi) is 3.11. The number of hydrogen-bond donors (Lipinski definition) is 0. The third kappa shape index (κ3) is 2.55. The van der Waals surface area contributed by atoms with E-state index >= 15 is 0 Å². The maximum Gasteiger partial charge on any atom is 0.0273 e. The van der Waals surface area contributed by atoms with Crippen molar-refractivity contribution in [3.8, 4) is 0 Å². The van der Waals surface area contributed by atoms with Gasteiger partial charge in [0.25, 0.3) is 0 Å². The van der Waals surface area contributed by atoms with Crippen LogP contribution in [0, 0.1) is 0 Å². The molecule has 0 unspecified atom stereocenters. The van der Waals surface area contributed by atoms with E-state index in [-0.39, 0.29) is 0 Å². The molecule has 0 amide bonds. The molecule has 1 heterocycles. The molecule has 3 aromatic rings. The fourth-order valence-corrected chi connectivity index (χ4v) is 2.23. The molecule has 3 rings (SSSR count). The largest absolute Gasteiger partial charge is 0.265 e. The van der Waals surface area contributed by atoms with Crippen molar-refractivity contribution < 1.29 is 0 Å². The van der Waals surface area contributed by atoms with Crippen LogP contribution in [0.4, 0.5) is 0 Å². The molecular formula is C18H15N. The molecule has 1 nitrogen and oxygen atoms in total. The lowest BCUT2D eigenvalue weighted by atomic mass is 10.0. The van der Waals surface area contributed by atoms with Gasteiger partial charge in [0.2, 0.25) is 0 Å². The molecule has 19 heavy (non-hydrogen) atoms. The van der Waals surface area contributed by atoms with E-state index in [2.05, 4.69) is 60.4 Å². The van der Waals surface area contributed by atoms with Crippen molar-refractivity contribution in [2.45, 2.75) is 6.92 Å². The van der Waals surface area contributed by atoms with Gasteiger partial charge in [0, 0.05) is 12.4 Å². The standard InChI is InChI=1S/C18H15N/c1-14(12-15-8-10-19-11-9-15)17-7-6-16-4-2-3-5-18(16)13-17/h2-13H,1H3/b14-12+. The molecule has 0 fully saturated rings. The summed E-state index contributed by atoms with van der Waals surface area (Å²) < 4.78 is 0. The van der Waals surface area contributed by atoms with Crippen LogP contribution in [0.15, 0.2) is 67.0 Å². The van der Waals surface area contributed by atoms with Gasteiger partial charge in [-0.2, -0.15) is 0 Å². The number of pyridine rings is 1. The first-order chi connectivity index (χ1) is 9.33. The number of rotatable bonds is 2. The fourth-order valence-electron chi connectivity index (χ4n) is 2.23. The number of hydrogen-bond acceptors (Lipinski definition) is 1. The molecule has 0 saturated carbocycles. The van der Waals surface area contributed by atoms with E-state index < -0.39 is 0 Å². The third-order valence-corrected chi connectivity index (χ3v) is 3.29. The monoisotopic (exact) mass is 245 g/mol. The Morgan fingerprint density at radius 2 is 1.63 bits per heavy atom. The van der Waals surface area contributed by atoms with Gasteiger partial charge in [-0.1, -0.05) is 42.5 Å². The van der Waals surface area contributed by atoms with Gasteiger partial charge >= 0.3 is 0 Å². The molecule has 0 aliphatic rings. The van der Waals surface area contributed by atoms with Gasteiger partial charge in [-0.15, -0.1) is 0 Å². The lowest BCUT2D eigenvalue weighted by Gasteiger charge is -2.04. The van der Waals surface area contributed by atoms with Gasteiger partial charge in [0.05, 0.1) is 0 Å². The maximum atomic E-state index is 4.04. The van der Waals surface area contributed by atoms with Crippen molar-refractivity contribution >= 4 is 22.4 Å². The quantitative estimate of drug-likeness (QED) is 0.632. The van der Waals surface area contributed by atoms with Crippen LogP contribution < -0.4 is 0 Å². The van der Waals surface area contributed by atoms with E-state index in [4.69, 9.17) is 0 Å². The van der Waals surface area contributed by atoms with Crippen LogP contribution in [0.3, 0.4) is 0 Å². The lowest BCUT2D eigenvalue weighted by Crippen LogP contribution is -1.81. The van der Waals surface area contributed by atoms with E-state index in [9.17, 15) is 0 Å². The minimum absolute atomic E-state index is 1.18. The number of benzene rings is 2. The van der Waals surface area contributed by atoms with Crippen LogP contribution in [0.2, 0.25) is 0 Å². The average Bonchev–Trinajstić information content (AvgIpc) is 2.48. The predicted octanol–water partition coefficient (Wildman–Crippen LogP) is 4.80. The van der Waals surface area contributed by atoms with Crippen molar-refractivity contribution in [2.24, 2.45) is 0 Å². The van der Waals surface area contributed by atoms with E-state index in [1.165, 1.54) is 27.5 Å². The van der Waals surface area contributed by atoms with Crippen LogP contribution in [-0.4, -0.2) is 4.98 Å². The van der Waals surface area contributed by atoms with Gasteiger partial charge in [0.1, 0.15) is 0 Å². The molecule has 0 aliphatic heterocycles. The van der Waals surface area contributed by atoms with Crippen molar-refractivity contribution in [2.75, 3.05) is 0 Å². The summed E-state index contributed by atoms with van der Waals surface area (Å²) in [5.41, 5.74) is 3.70. The summed E-state index contributed by atoms with van der Waals surface area (Å²) in [5, 5.41) is 2.56. The summed E-state index contributed by atoms with van der Waals surface area (Å²) >= 11 is 0. The molecule has 0 radical (unpaired) electrons. The van der Waals surface area contributed by atoms with Crippen LogP contribution in [0.5, 0.6) is 0 Å². The van der Waals surface area contributed by atoms with Gasteiger partial charge < -0.3 is 0 Å². The summed E-state index contributed by atoms with van der Waals surface area (Å²) in [5.74, 6) is 0. The minimum atomic E-state index is 1.18. The predicted molar refractivity (Wildman–Crippen MR) is 81.7 cm³/mol. The second-order valence-electron chi connectivity index (χ2n) is 4.67. The SMILES string of the molecule is C/C(=C\c1ccncc1)c1ccc2ccccc2c1. The smallest absolute Gasteiger partial charge is 0.0273 e. The van der Waals surface area contributed by atoms with E-state index in [0.29, 0.717) is 0 Å². The first-order valence-corrected chi connectivity index (χ1v) is 6.40. The van der Waals surface area contributed by atoms with Crippen molar-refractivity contribution in [3.05, 3.63) is 78.1 Å². The molecule has 0 aliphatic carbocycles. The Morgan fingerprint density at radius 1 is 0.895 bits per heavy atom. The highest BCUT2D eigenvalue weighted by atomic mass is 14.6. The first kappa shape index (κ1) is 11.7. The molecule has 1 aromatic heterocycles. The summed E-state index contributed by atoms with van der Waals surface area (Å²) in [4.78, 5) is 4.04. The zero-order valence-electron chi connectivity index (χ0n) is 10.9. The van der Waals surface area contributed by atoms with E-state index in [1.807, 2.05) is 24.5 Å². The van der Waals surface area contributed by atoms with Crippen molar-refractivity contribution in [1.29, 1.82) is 0 Å². The lowest BCUT2D eigenvalue weighted by molar-refractivity contribution is 1.32. The van der Waals surface area contributed by atoms with Gasteiger partial charge in [-0.05, 0) is 52.6 Å². The second-order valence-corrected chi connectivity index (χ2v) is 4.67. The summed E-state index contributed by atoms with van der Waals surface area (Å²) in [6.07, 6.45) is 5.82. The highest BCUT2D eigenvalue weighted by Crippen LogP contribution is 2.22. The fraction of sp³-hybridized carbons (Fsp3) is 0.0556. The highest BCUT2D eigenvalue weighted by molar-refractivity contribution is 5.89. The number of allylic oxidation sites excluding steroid dienone is 1. The van der Waals surface area contributed by atoms with Crippen LogP contribution in [0.1, 0.15) is 18.1 Å². The third-order valence-electron chi connectivity index (χ3n) is 3.29. The molecule has 2 aromatic carbocycles. The van der Waals surface area contributed by atoms with Crippen LogP contribution >= 0.6 is 0 Å². The second kappa shape index (κ2) is 5.07. The van der Waals surface area contributed by atoms with Gasteiger partial charge in [0.15, 0.2) is 0 Å².